The summed E-state index contributed by atoms with van der Waals surface area (Å²) in [4.78, 5) is 25.6. The summed E-state index contributed by atoms with van der Waals surface area (Å²) in [6.07, 6.45) is 4.00. The first-order chi connectivity index (χ1) is 13.9. The zero-order valence-corrected chi connectivity index (χ0v) is 16.7. The molecule has 1 N–H and O–H groups in total. The highest BCUT2D eigenvalue weighted by Crippen LogP contribution is 2.55. The van der Waals surface area contributed by atoms with E-state index < -0.39 is 22.1 Å². The number of fused-ring (bicyclic) bond motifs is 4. The number of nitrogens with zero attached hydrogens (tertiary/aromatic N) is 1. The van der Waals surface area contributed by atoms with Crippen molar-refractivity contribution in [2.24, 2.45) is 11.8 Å². The van der Waals surface area contributed by atoms with E-state index in [2.05, 4.69) is 11.9 Å². The molecule has 2 fully saturated rings. The highest BCUT2D eigenvalue weighted by Gasteiger charge is 2.65. The van der Waals surface area contributed by atoms with Crippen LogP contribution >= 0.6 is 0 Å². The van der Waals surface area contributed by atoms with Gasteiger partial charge in [-0.2, -0.15) is 0 Å². The minimum atomic E-state index is -0.878. The maximum atomic E-state index is 13.9. The number of methoxy groups -OCH3 is 2. The molecule has 154 valence electrons. The Bertz CT molecular complexity index is 897. The molecule has 1 amide bonds. The molecule has 3 aliphatic rings. The van der Waals surface area contributed by atoms with E-state index in [-0.39, 0.29) is 24.3 Å². The second kappa shape index (κ2) is 7.00. The van der Waals surface area contributed by atoms with Gasteiger partial charge in [-0.25, -0.2) is 4.79 Å². The van der Waals surface area contributed by atoms with Crippen molar-refractivity contribution >= 4 is 17.6 Å². The van der Waals surface area contributed by atoms with Crippen LogP contribution in [0.4, 0.5) is 5.69 Å². The minimum absolute atomic E-state index is 0.120. The Hall–Kier alpha value is -2.64. The molecular weight excluding hydrogens is 372 g/mol. The van der Waals surface area contributed by atoms with Crippen molar-refractivity contribution in [1.82, 2.24) is 0 Å². The zero-order valence-electron chi connectivity index (χ0n) is 16.7. The monoisotopic (exact) mass is 398 g/mol. The first-order valence-electron chi connectivity index (χ1n) is 9.83. The van der Waals surface area contributed by atoms with Gasteiger partial charge < -0.3 is 24.6 Å². The van der Waals surface area contributed by atoms with Crippen LogP contribution in [0.5, 0.6) is 0 Å². The minimum Gasteiger partial charge on any atom is -0.633 e. The number of hydrogen-bond acceptors (Lipinski definition) is 5. The molecule has 0 bridgehead atoms. The normalized spacial score (nSPS) is 35.6. The van der Waals surface area contributed by atoms with Crippen LogP contribution in [0.25, 0.3) is 0 Å². The Morgan fingerprint density at radius 1 is 1.38 bits per heavy atom. The summed E-state index contributed by atoms with van der Waals surface area (Å²) < 4.78 is 9.65. The molecule has 0 aliphatic carbocycles. The number of rotatable bonds is 4. The van der Waals surface area contributed by atoms with Crippen LogP contribution in [0.3, 0.4) is 0 Å². The van der Waals surface area contributed by atoms with E-state index >= 15 is 0 Å². The largest absolute Gasteiger partial charge is 0.633 e. The summed E-state index contributed by atoms with van der Waals surface area (Å²) in [6, 6.07) is 7.09. The lowest BCUT2D eigenvalue weighted by Crippen LogP contribution is -2.61. The van der Waals surface area contributed by atoms with Crippen molar-refractivity contribution in [2.45, 2.75) is 24.3 Å². The van der Waals surface area contributed by atoms with Gasteiger partial charge in [0.05, 0.1) is 39.1 Å². The predicted molar refractivity (Wildman–Crippen MR) is 107 cm³/mol. The van der Waals surface area contributed by atoms with Crippen LogP contribution in [0, 0.1) is 17.0 Å². The lowest BCUT2D eigenvalue weighted by molar-refractivity contribution is -0.903. The summed E-state index contributed by atoms with van der Waals surface area (Å²) in [5.41, 5.74) is 1.16. The van der Waals surface area contributed by atoms with Crippen molar-refractivity contribution < 1.29 is 23.7 Å². The number of ether oxygens (including phenoxy) is 2. The number of anilines is 1. The van der Waals surface area contributed by atoms with Crippen LogP contribution < -0.4 is 5.32 Å². The van der Waals surface area contributed by atoms with Gasteiger partial charge in [0.2, 0.25) is 5.91 Å². The van der Waals surface area contributed by atoms with Crippen molar-refractivity contribution in [2.75, 3.05) is 32.6 Å². The number of esters is 1. The lowest BCUT2D eigenvalue weighted by Gasteiger charge is -2.54. The third kappa shape index (κ3) is 2.72. The molecule has 4 rings (SSSR count). The molecule has 2 saturated heterocycles. The maximum Gasteiger partial charge on any atom is 0.337 e. The Kier molecular flexibility index (Phi) is 4.75. The highest BCUT2D eigenvalue weighted by atomic mass is 16.6. The van der Waals surface area contributed by atoms with Gasteiger partial charge in [-0.15, -0.1) is 6.58 Å². The summed E-state index contributed by atoms with van der Waals surface area (Å²) in [5, 5.41) is 16.8. The molecule has 0 unspecified atom stereocenters. The predicted octanol–water partition coefficient (Wildman–Crippen LogP) is 2.49. The molecule has 5 atom stereocenters. The summed E-state index contributed by atoms with van der Waals surface area (Å²) in [5.74, 6) is -1.12. The number of nitrogens with one attached hydrogen (secondary N) is 1. The fourth-order valence-electron chi connectivity index (χ4n) is 5.65. The third-order valence-corrected chi connectivity index (χ3v) is 6.96. The van der Waals surface area contributed by atoms with Gasteiger partial charge in [-0.3, -0.25) is 4.79 Å². The molecule has 29 heavy (non-hydrogen) atoms. The maximum absolute atomic E-state index is 13.9. The van der Waals surface area contributed by atoms with E-state index in [0.717, 1.165) is 11.3 Å². The van der Waals surface area contributed by atoms with Gasteiger partial charge in [0.25, 0.3) is 0 Å². The lowest BCUT2D eigenvalue weighted by atomic mass is 9.67. The van der Waals surface area contributed by atoms with Crippen LogP contribution in [0.15, 0.2) is 48.8 Å². The molecule has 1 spiro atoms. The third-order valence-electron chi connectivity index (χ3n) is 6.96. The fraction of sp³-hybridized carbons (Fsp3) is 0.455. The van der Waals surface area contributed by atoms with Gasteiger partial charge in [0, 0.05) is 30.4 Å². The second-order valence-corrected chi connectivity index (χ2v) is 8.14. The first-order valence-corrected chi connectivity index (χ1v) is 9.83. The van der Waals surface area contributed by atoms with Gasteiger partial charge in [-0.1, -0.05) is 24.3 Å². The average molecular weight is 398 g/mol. The summed E-state index contributed by atoms with van der Waals surface area (Å²) >= 11 is 0. The summed E-state index contributed by atoms with van der Waals surface area (Å²) in [7, 11) is 2.80. The molecule has 7 heteroatoms. The number of carbonyl (C=O) groups is 2. The number of hydrogen-bond donors (Lipinski definition) is 1. The topological polar surface area (TPSA) is 87.7 Å². The van der Waals surface area contributed by atoms with Crippen molar-refractivity contribution in [1.29, 1.82) is 0 Å². The molecule has 1 aromatic carbocycles. The zero-order chi connectivity index (χ0) is 20.8. The van der Waals surface area contributed by atoms with E-state index in [1.165, 1.54) is 20.5 Å². The average Bonchev–Trinajstić information content (AvgIpc) is 3.19. The first kappa shape index (κ1) is 19.7. The molecule has 0 radical (unpaired) electrons. The van der Waals surface area contributed by atoms with Crippen molar-refractivity contribution in [3.63, 3.8) is 0 Å². The number of carbonyl (C=O) groups excluding carboxylic acids is 2. The van der Waals surface area contributed by atoms with E-state index in [1.807, 2.05) is 24.3 Å². The SMILES string of the molecule is C=C[C@H]1C[N@@+]2([O-])CC[C@]3(C(=O)Nc4ccccc43)[C@@H]2C[C@@H]1/C(=C\OC)C(=O)OC. The standard InChI is InChI=1S/C22H26N2O5/c1-4-14-12-24(27)10-9-22(17-7-5-6-8-18(17)23-21(22)26)19(24)11-15(14)16(13-28-2)20(25)29-3/h4-8,13-15,19H,1,9-12H2,2-3H3,(H,23,26)/b16-13+/t14-,15-,19-,22+,24-/m0/s1. The van der Waals surface area contributed by atoms with E-state index in [1.54, 1.807) is 6.08 Å². The summed E-state index contributed by atoms with van der Waals surface area (Å²) in [6.45, 7) is 4.54. The van der Waals surface area contributed by atoms with Crippen molar-refractivity contribution in [3.8, 4) is 0 Å². The van der Waals surface area contributed by atoms with Crippen molar-refractivity contribution in [3.05, 3.63) is 59.5 Å². The fourth-order valence-corrected chi connectivity index (χ4v) is 5.65. The second-order valence-electron chi connectivity index (χ2n) is 8.14. The molecule has 0 saturated carbocycles. The Balaban J connectivity index is 1.80. The number of amides is 1. The van der Waals surface area contributed by atoms with E-state index in [0.29, 0.717) is 25.0 Å². The molecule has 3 heterocycles. The number of para-hydroxylation sites is 1. The van der Waals surface area contributed by atoms with Crippen LogP contribution in [-0.2, 0) is 24.5 Å². The molecule has 1 aromatic rings. The van der Waals surface area contributed by atoms with E-state index in [9.17, 15) is 14.8 Å². The van der Waals surface area contributed by atoms with Gasteiger partial charge in [0.1, 0.15) is 11.5 Å². The van der Waals surface area contributed by atoms with Gasteiger partial charge in [0.15, 0.2) is 0 Å². The van der Waals surface area contributed by atoms with Crippen LogP contribution in [0.2, 0.25) is 0 Å². The number of quaternary nitrogens is 1. The van der Waals surface area contributed by atoms with Crippen LogP contribution in [-0.4, -0.2) is 49.9 Å². The Morgan fingerprint density at radius 3 is 2.83 bits per heavy atom. The smallest absolute Gasteiger partial charge is 0.337 e. The quantitative estimate of drug-likeness (QED) is 0.210. The number of piperidine rings is 1. The molecule has 3 aliphatic heterocycles. The van der Waals surface area contributed by atoms with E-state index in [4.69, 9.17) is 9.47 Å². The molecule has 7 nitrogen and oxygen atoms in total. The van der Waals surface area contributed by atoms with Crippen LogP contribution in [0.1, 0.15) is 18.4 Å². The molecular formula is C22H26N2O5. The number of benzene rings is 1. The number of hydroxylamine groups is 3. The Morgan fingerprint density at radius 2 is 2.14 bits per heavy atom. The van der Waals surface area contributed by atoms with Gasteiger partial charge in [-0.05, 0) is 11.6 Å². The van der Waals surface area contributed by atoms with Gasteiger partial charge >= 0.3 is 5.97 Å². The highest BCUT2D eigenvalue weighted by molar-refractivity contribution is 6.07. The Labute approximate surface area is 170 Å². The molecule has 0 aromatic heterocycles.